The van der Waals surface area contributed by atoms with E-state index in [1.165, 1.54) is 32.2 Å². The van der Waals surface area contributed by atoms with E-state index in [0.29, 0.717) is 38.9 Å². The van der Waals surface area contributed by atoms with Gasteiger partial charge in [0.05, 0.1) is 31.0 Å². The molecular weight excluding hydrogens is 561 g/mol. The molecule has 0 radical (unpaired) electrons. The first-order valence-electron chi connectivity index (χ1n) is 12.3. The number of aliphatic carboxylic acids is 1. The van der Waals surface area contributed by atoms with Crippen LogP contribution >= 0.6 is 0 Å². The molecule has 40 heavy (non-hydrogen) atoms. The van der Waals surface area contributed by atoms with Crippen LogP contribution in [0.15, 0.2) is 23.1 Å². The van der Waals surface area contributed by atoms with E-state index in [4.69, 9.17) is 9.47 Å². The Bertz CT molecular complexity index is 1420. The van der Waals surface area contributed by atoms with Gasteiger partial charge in [-0.25, -0.2) is 13.2 Å². The van der Waals surface area contributed by atoms with E-state index in [1.54, 1.807) is 4.68 Å². The molecule has 0 saturated heterocycles. The molecule has 1 amide bonds. The zero-order chi connectivity index (χ0) is 29.6. The summed E-state index contributed by atoms with van der Waals surface area (Å²) in [5, 5.41) is 15.8. The predicted octanol–water partition coefficient (Wildman–Crippen LogP) is 3.79. The van der Waals surface area contributed by atoms with Crippen LogP contribution in [0, 0.1) is 5.92 Å². The van der Waals surface area contributed by atoms with Crippen molar-refractivity contribution >= 4 is 33.5 Å². The highest BCUT2D eigenvalue weighted by atomic mass is 32.2. The number of anilines is 2. The summed E-state index contributed by atoms with van der Waals surface area (Å²) in [6.07, 6.45) is -5.98. The number of hydrogen-bond donors (Lipinski definition) is 2. The van der Waals surface area contributed by atoms with Crippen LogP contribution in [0.3, 0.4) is 0 Å². The van der Waals surface area contributed by atoms with E-state index >= 15 is 0 Å². The van der Waals surface area contributed by atoms with Gasteiger partial charge in [0.1, 0.15) is 11.9 Å². The van der Waals surface area contributed by atoms with Gasteiger partial charge in [-0.15, -0.1) is 5.10 Å². The van der Waals surface area contributed by atoms with Crippen LogP contribution < -0.4 is 19.1 Å². The number of carboxylic acid groups (broad SMARTS) is 1. The Kier molecular flexibility index (Phi) is 7.60. The van der Waals surface area contributed by atoms with Crippen molar-refractivity contribution in [1.82, 2.24) is 9.78 Å². The molecule has 0 fully saturated rings. The highest BCUT2D eigenvalue weighted by molar-refractivity contribution is 7.93. The normalized spacial score (nSPS) is 17.9. The molecule has 0 unspecified atom stereocenters. The Morgan fingerprint density at radius 2 is 2.00 bits per heavy atom. The number of carboxylic acids is 1. The summed E-state index contributed by atoms with van der Waals surface area (Å²) in [6, 6.07) is 3.86. The maximum absolute atomic E-state index is 14.1. The number of aryl methyl sites for hydroxylation is 1. The number of sulfonamides is 1. The zero-order valence-corrected chi connectivity index (χ0v) is 22.9. The molecular formula is C24H29F3N4O8S. The van der Waals surface area contributed by atoms with Crippen molar-refractivity contribution < 1.29 is 50.5 Å². The van der Waals surface area contributed by atoms with Crippen molar-refractivity contribution in [3.63, 3.8) is 0 Å². The Morgan fingerprint density at radius 1 is 1.30 bits per heavy atom. The number of benzene rings is 1. The second kappa shape index (κ2) is 10.4. The number of amides is 1. The number of aromatic nitrogens is 2. The molecule has 220 valence electrons. The quantitative estimate of drug-likeness (QED) is 0.468. The van der Waals surface area contributed by atoms with Gasteiger partial charge in [0.25, 0.3) is 15.9 Å². The standard InChI is InChI=1S/C24H29F3N4O8S/c1-13(21(32)33)10-15-12-31(40(35,36)19-16-6-5-9-30(16)29-20(19)37-4)17-11-14(7-8-18(17)38-15)28-22(34)39-23(2,3)24(25,26)27/h7-8,11,13,15H,5-6,9-10,12H2,1-4H3,(H,28,34)(H,32,33)/t13-,15-/m0/s1. The van der Waals surface area contributed by atoms with Crippen LogP contribution in [0.25, 0.3) is 0 Å². The van der Waals surface area contributed by atoms with Crippen LogP contribution in [0.5, 0.6) is 11.6 Å². The van der Waals surface area contributed by atoms with Crippen molar-refractivity contribution in [3.8, 4) is 11.6 Å². The van der Waals surface area contributed by atoms with Gasteiger partial charge in [-0.1, -0.05) is 6.92 Å². The molecule has 4 rings (SSSR count). The van der Waals surface area contributed by atoms with E-state index in [0.717, 1.165) is 4.31 Å². The average Bonchev–Trinajstić information content (AvgIpc) is 3.43. The number of methoxy groups -OCH3 is 1. The first kappa shape index (κ1) is 29.3. The molecule has 16 heteroatoms. The number of nitrogens with one attached hydrogen (secondary N) is 1. The third kappa shape index (κ3) is 5.48. The molecule has 2 atom stereocenters. The monoisotopic (exact) mass is 590 g/mol. The number of alkyl halides is 3. The number of fused-ring (bicyclic) bond motifs is 2. The van der Waals surface area contributed by atoms with Crippen molar-refractivity contribution in [2.75, 3.05) is 23.3 Å². The first-order valence-corrected chi connectivity index (χ1v) is 13.8. The number of ether oxygens (including phenoxy) is 3. The first-order chi connectivity index (χ1) is 18.5. The maximum atomic E-state index is 14.1. The summed E-state index contributed by atoms with van der Waals surface area (Å²) in [5.41, 5.74) is -2.41. The Hall–Kier alpha value is -3.69. The SMILES string of the molecule is COc1nn2c(c1S(=O)(=O)N1C[C@H](C[C@H](C)C(=O)O)Oc3ccc(NC(=O)OC(C)(C)C(F)(F)F)cc31)CCC2. The van der Waals surface area contributed by atoms with Gasteiger partial charge in [-0.2, -0.15) is 13.2 Å². The minimum atomic E-state index is -4.83. The van der Waals surface area contributed by atoms with Crippen molar-refractivity contribution in [3.05, 3.63) is 23.9 Å². The Morgan fingerprint density at radius 3 is 2.62 bits per heavy atom. The summed E-state index contributed by atoms with van der Waals surface area (Å²) in [7, 11) is -3.09. The van der Waals surface area contributed by atoms with Gasteiger partial charge < -0.3 is 19.3 Å². The second-order valence-corrected chi connectivity index (χ2v) is 11.9. The summed E-state index contributed by atoms with van der Waals surface area (Å²) in [4.78, 5) is 23.6. The van der Waals surface area contributed by atoms with Crippen LogP contribution in [0.2, 0.25) is 0 Å². The van der Waals surface area contributed by atoms with Gasteiger partial charge in [-0.3, -0.25) is 19.1 Å². The fraction of sp³-hybridized carbons (Fsp3) is 0.542. The zero-order valence-electron chi connectivity index (χ0n) is 22.1. The summed E-state index contributed by atoms with van der Waals surface area (Å²) < 4.78 is 86.0. The topological polar surface area (TPSA) is 149 Å². The molecule has 0 spiro atoms. The molecule has 0 bridgehead atoms. The van der Waals surface area contributed by atoms with Crippen LogP contribution in [0.1, 0.15) is 39.3 Å². The van der Waals surface area contributed by atoms with E-state index in [-0.39, 0.29) is 40.9 Å². The number of carbonyl (C=O) groups is 2. The molecule has 12 nitrogen and oxygen atoms in total. The molecule has 0 saturated carbocycles. The molecule has 3 heterocycles. The van der Waals surface area contributed by atoms with Crippen LogP contribution in [0.4, 0.5) is 29.3 Å². The predicted molar refractivity (Wildman–Crippen MR) is 134 cm³/mol. The summed E-state index contributed by atoms with van der Waals surface area (Å²) in [6.45, 7) is 3.07. The van der Waals surface area contributed by atoms with Crippen molar-refractivity contribution in [2.24, 2.45) is 5.92 Å². The minimum Gasteiger partial charge on any atom is -0.486 e. The lowest BCUT2D eigenvalue weighted by molar-refractivity contribution is -0.242. The van der Waals surface area contributed by atoms with Crippen molar-refractivity contribution in [1.29, 1.82) is 0 Å². The largest absolute Gasteiger partial charge is 0.486 e. The highest BCUT2D eigenvalue weighted by Gasteiger charge is 2.51. The van der Waals surface area contributed by atoms with Crippen molar-refractivity contribution in [2.45, 2.75) is 69.4 Å². The van der Waals surface area contributed by atoms with Gasteiger partial charge in [-0.05, 0) is 51.3 Å². The molecule has 2 aromatic rings. The summed E-state index contributed by atoms with van der Waals surface area (Å²) in [5.74, 6) is -1.97. The third-order valence-corrected chi connectivity index (χ3v) is 8.56. The van der Waals surface area contributed by atoms with E-state index in [2.05, 4.69) is 15.2 Å². The second-order valence-electron chi connectivity index (χ2n) is 10.1. The smallest absolute Gasteiger partial charge is 0.427 e. The Labute approximate surface area is 228 Å². The van der Waals surface area contributed by atoms with Gasteiger partial charge >= 0.3 is 18.2 Å². The van der Waals surface area contributed by atoms with Gasteiger partial charge in [0.15, 0.2) is 4.90 Å². The highest BCUT2D eigenvalue weighted by Crippen LogP contribution is 2.43. The van der Waals surface area contributed by atoms with E-state index in [9.17, 15) is 36.3 Å². The van der Waals surface area contributed by atoms with E-state index in [1.807, 2.05) is 0 Å². The molecule has 1 aromatic heterocycles. The summed E-state index contributed by atoms with van der Waals surface area (Å²) >= 11 is 0. The third-order valence-electron chi connectivity index (χ3n) is 6.71. The lowest BCUT2D eigenvalue weighted by Crippen LogP contribution is -2.45. The van der Waals surface area contributed by atoms with Crippen LogP contribution in [-0.2, 0) is 32.5 Å². The maximum Gasteiger partial charge on any atom is 0.427 e. The number of halogens is 3. The Balaban J connectivity index is 1.73. The molecule has 2 aliphatic rings. The molecule has 1 aromatic carbocycles. The number of rotatable bonds is 8. The fourth-order valence-electron chi connectivity index (χ4n) is 4.45. The average molecular weight is 591 g/mol. The van der Waals surface area contributed by atoms with Crippen LogP contribution in [-0.4, -0.2) is 66.9 Å². The number of nitrogens with zero attached hydrogens (tertiary/aromatic N) is 3. The molecule has 2 N–H and O–H groups in total. The number of hydrogen-bond acceptors (Lipinski definition) is 8. The lowest BCUT2D eigenvalue weighted by atomic mass is 10.0. The van der Waals surface area contributed by atoms with Gasteiger partial charge in [0, 0.05) is 12.2 Å². The minimum absolute atomic E-state index is 0.0110. The van der Waals surface area contributed by atoms with Gasteiger partial charge in [0.2, 0.25) is 5.60 Å². The molecule has 0 aliphatic carbocycles. The number of carbonyl (C=O) groups excluding carboxylic acids is 1. The molecule has 2 aliphatic heterocycles. The van der Waals surface area contributed by atoms with E-state index < -0.39 is 45.9 Å². The lowest BCUT2D eigenvalue weighted by Gasteiger charge is -2.36. The fourth-order valence-corrected chi connectivity index (χ4v) is 6.29.